The summed E-state index contributed by atoms with van der Waals surface area (Å²) in [5.41, 5.74) is 0.990. The average molecular weight is 274 g/mol. The van der Waals surface area contributed by atoms with E-state index in [1.807, 2.05) is 26.0 Å². The highest BCUT2D eigenvalue weighted by atomic mass is 35.5. The summed E-state index contributed by atoms with van der Waals surface area (Å²) in [4.78, 5) is 0. The van der Waals surface area contributed by atoms with Gasteiger partial charge in [-0.3, -0.25) is 0 Å². The normalized spacial score (nSPS) is 12.3. The number of halogens is 1. The van der Waals surface area contributed by atoms with E-state index in [4.69, 9.17) is 26.2 Å². The van der Waals surface area contributed by atoms with E-state index in [2.05, 4.69) is 5.32 Å². The molecule has 0 fully saturated rings. The summed E-state index contributed by atoms with van der Waals surface area (Å²) < 4.78 is 10.7. The Morgan fingerprint density at radius 2 is 2.17 bits per heavy atom. The number of nitrogens with one attached hydrogen (secondary N) is 1. The minimum absolute atomic E-state index is 0.0430. The molecule has 102 valence electrons. The Morgan fingerprint density at radius 3 is 2.72 bits per heavy atom. The maximum absolute atomic E-state index is 8.96. The van der Waals surface area contributed by atoms with Gasteiger partial charge in [-0.15, -0.1) is 0 Å². The van der Waals surface area contributed by atoms with Crippen LogP contribution in [0.3, 0.4) is 0 Å². The zero-order valence-electron chi connectivity index (χ0n) is 11.0. The van der Waals surface area contributed by atoms with E-state index in [0.29, 0.717) is 29.7 Å². The lowest BCUT2D eigenvalue weighted by molar-refractivity contribution is 0.251. The van der Waals surface area contributed by atoms with Crippen molar-refractivity contribution in [2.24, 2.45) is 0 Å². The van der Waals surface area contributed by atoms with Gasteiger partial charge in [-0.1, -0.05) is 11.6 Å². The minimum atomic E-state index is 0.0430. The fourth-order valence-corrected chi connectivity index (χ4v) is 1.85. The van der Waals surface area contributed by atoms with Crippen molar-refractivity contribution in [2.75, 3.05) is 20.3 Å². The molecule has 0 bridgehead atoms. The highest BCUT2D eigenvalue weighted by Gasteiger charge is 2.11. The number of rotatable bonds is 7. The maximum atomic E-state index is 8.96. The highest BCUT2D eigenvalue weighted by Crippen LogP contribution is 2.36. The van der Waals surface area contributed by atoms with Gasteiger partial charge in [0.1, 0.15) is 0 Å². The first-order chi connectivity index (χ1) is 8.62. The summed E-state index contributed by atoms with van der Waals surface area (Å²) in [7, 11) is 1.56. The van der Waals surface area contributed by atoms with E-state index in [0.717, 1.165) is 5.56 Å². The van der Waals surface area contributed by atoms with Gasteiger partial charge in [0.15, 0.2) is 11.5 Å². The molecule has 4 nitrogen and oxygen atoms in total. The number of aliphatic hydroxyl groups excluding tert-OH is 1. The quantitative estimate of drug-likeness (QED) is 0.800. The number of ether oxygens (including phenoxy) is 2. The van der Waals surface area contributed by atoms with Crippen molar-refractivity contribution >= 4 is 11.6 Å². The molecule has 0 aliphatic heterocycles. The van der Waals surface area contributed by atoms with E-state index in [9.17, 15) is 0 Å². The van der Waals surface area contributed by atoms with Crippen LogP contribution in [-0.2, 0) is 6.54 Å². The predicted molar refractivity (Wildman–Crippen MR) is 72.6 cm³/mol. The van der Waals surface area contributed by atoms with Crippen molar-refractivity contribution in [1.29, 1.82) is 0 Å². The molecule has 2 N–H and O–H groups in total. The van der Waals surface area contributed by atoms with E-state index in [1.165, 1.54) is 0 Å². The Hall–Kier alpha value is -0.970. The summed E-state index contributed by atoms with van der Waals surface area (Å²) in [6.07, 6.45) is 0. The van der Waals surface area contributed by atoms with E-state index in [-0.39, 0.29) is 12.6 Å². The SMILES string of the molecule is CCOc1cc(CN[C@H](C)CO)cc(Cl)c1OC. The number of hydrogen-bond donors (Lipinski definition) is 2. The Kier molecular flexibility index (Phi) is 6.25. The molecule has 0 aromatic heterocycles. The summed E-state index contributed by atoms with van der Waals surface area (Å²) in [6, 6.07) is 3.77. The molecule has 1 aromatic carbocycles. The van der Waals surface area contributed by atoms with Gasteiger partial charge < -0.3 is 19.9 Å². The first-order valence-corrected chi connectivity index (χ1v) is 6.33. The summed E-state index contributed by atoms with van der Waals surface area (Å²) >= 11 is 6.14. The molecule has 1 aromatic rings. The second kappa shape index (κ2) is 7.46. The van der Waals surface area contributed by atoms with Crippen molar-refractivity contribution < 1.29 is 14.6 Å². The Labute approximate surface area is 113 Å². The summed E-state index contributed by atoms with van der Waals surface area (Å²) in [5, 5.41) is 12.7. The van der Waals surface area contributed by atoms with Crippen molar-refractivity contribution in [3.63, 3.8) is 0 Å². The third-order valence-corrected chi connectivity index (χ3v) is 2.78. The Bertz CT molecular complexity index is 385. The van der Waals surface area contributed by atoms with Crippen molar-refractivity contribution in [2.45, 2.75) is 26.4 Å². The van der Waals surface area contributed by atoms with Gasteiger partial charge in [-0.05, 0) is 31.5 Å². The Balaban J connectivity index is 2.86. The first kappa shape index (κ1) is 15.1. The van der Waals surface area contributed by atoms with Crippen LogP contribution in [0.4, 0.5) is 0 Å². The van der Waals surface area contributed by atoms with Crippen LogP contribution in [0, 0.1) is 0 Å². The molecule has 0 spiro atoms. The van der Waals surface area contributed by atoms with E-state index >= 15 is 0 Å². The summed E-state index contributed by atoms with van der Waals surface area (Å²) in [6.45, 7) is 5.09. The molecule has 0 radical (unpaired) electrons. The molecule has 0 amide bonds. The zero-order chi connectivity index (χ0) is 13.5. The molecule has 1 rings (SSSR count). The molecule has 1 atom stereocenters. The van der Waals surface area contributed by atoms with Gasteiger partial charge in [-0.25, -0.2) is 0 Å². The predicted octanol–water partition coefficient (Wildman–Crippen LogP) is 2.22. The fourth-order valence-electron chi connectivity index (χ4n) is 1.54. The van der Waals surface area contributed by atoms with E-state index < -0.39 is 0 Å². The van der Waals surface area contributed by atoms with Gasteiger partial charge in [0.2, 0.25) is 0 Å². The van der Waals surface area contributed by atoms with Crippen molar-refractivity contribution in [1.82, 2.24) is 5.32 Å². The van der Waals surface area contributed by atoms with Crippen LogP contribution in [0.25, 0.3) is 0 Å². The third kappa shape index (κ3) is 4.05. The smallest absolute Gasteiger partial charge is 0.179 e. The van der Waals surface area contributed by atoms with E-state index in [1.54, 1.807) is 7.11 Å². The van der Waals surface area contributed by atoms with Gasteiger partial charge in [0.05, 0.1) is 25.3 Å². The highest BCUT2D eigenvalue weighted by molar-refractivity contribution is 6.32. The van der Waals surface area contributed by atoms with Gasteiger partial charge in [-0.2, -0.15) is 0 Å². The topological polar surface area (TPSA) is 50.7 Å². The number of aliphatic hydroxyl groups is 1. The number of benzene rings is 1. The monoisotopic (exact) mass is 273 g/mol. The van der Waals surface area contributed by atoms with Gasteiger partial charge in [0, 0.05) is 12.6 Å². The lowest BCUT2D eigenvalue weighted by Crippen LogP contribution is -2.28. The lowest BCUT2D eigenvalue weighted by Gasteiger charge is -2.15. The van der Waals surface area contributed by atoms with Crippen LogP contribution < -0.4 is 14.8 Å². The lowest BCUT2D eigenvalue weighted by atomic mass is 10.2. The molecule has 5 heteroatoms. The third-order valence-electron chi connectivity index (χ3n) is 2.50. The van der Waals surface area contributed by atoms with Crippen LogP contribution in [0.5, 0.6) is 11.5 Å². The molecular weight excluding hydrogens is 254 g/mol. The van der Waals surface area contributed by atoms with Gasteiger partial charge >= 0.3 is 0 Å². The molecular formula is C13H20ClNO3. The largest absolute Gasteiger partial charge is 0.491 e. The van der Waals surface area contributed by atoms with Crippen LogP contribution in [0.15, 0.2) is 12.1 Å². The minimum Gasteiger partial charge on any atom is -0.491 e. The second-order valence-electron chi connectivity index (χ2n) is 4.01. The first-order valence-electron chi connectivity index (χ1n) is 5.95. The number of methoxy groups -OCH3 is 1. The molecule has 0 aliphatic rings. The second-order valence-corrected chi connectivity index (χ2v) is 4.41. The van der Waals surface area contributed by atoms with Crippen LogP contribution >= 0.6 is 11.6 Å². The molecule has 0 saturated heterocycles. The molecule has 18 heavy (non-hydrogen) atoms. The zero-order valence-corrected chi connectivity index (χ0v) is 11.8. The Morgan fingerprint density at radius 1 is 1.44 bits per heavy atom. The van der Waals surface area contributed by atoms with Crippen molar-refractivity contribution in [3.8, 4) is 11.5 Å². The summed E-state index contributed by atoms with van der Waals surface area (Å²) in [5.74, 6) is 1.19. The maximum Gasteiger partial charge on any atom is 0.179 e. The van der Waals surface area contributed by atoms with Gasteiger partial charge in [0.25, 0.3) is 0 Å². The van der Waals surface area contributed by atoms with Crippen LogP contribution in [0.2, 0.25) is 5.02 Å². The van der Waals surface area contributed by atoms with Crippen LogP contribution in [-0.4, -0.2) is 31.5 Å². The molecule has 0 saturated carbocycles. The van der Waals surface area contributed by atoms with Crippen LogP contribution in [0.1, 0.15) is 19.4 Å². The molecule has 0 heterocycles. The average Bonchev–Trinajstić information content (AvgIpc) is 2.36. The fraction of sp³-hybridized carbons (Fsp3) is 0.538. The molecule has 0 unspecified atom stereocenters. The molecule has 0 aliphatic carbocycles. The standard InChI is InChI=1S/C13H20ClNO3/c1-4-18-12-6-10(7-15-9(2)8-16)5-11(14)13(12)17-3/h5-6,9,15-16H,4,7-8H2,1-3H3/t9-/m1/s1. The number of hydrogen-bond acceptors (Lipinski definition) is 4. The van der Waals surface area contributed by atoms with Crippen molar-refractivity contribution in [3.05, 3.63) is 22.7 Å².